The van der Waals surface area contributed by atoms with Crippen molar-refractivity contribution in [2.45, 2.75) is 240 Å². The number of hydrogen-bond donors (Lipinski definition) is 0. The van der Waals surface area contributed by atoms with E-state index in [2.05, 4.69) is 27.7 Å². The van der Waals surface area contributed by atoms with Gasteiger partial charge in [0.25, 0.3) is 0 Å². The fraction of sp³-hybridized carbons (Fsp3) is 1.00. The molecule has 0 saturated heterocycles. The van der Waals surface area contributed by atoms with E-state index < -0.39 is 7.26 Å². The Morgan fingerprint density at radius 3 is 0.500 bits per heavy atom. The summed E-state index contributed by atoms with van der Waals surface area (Å²) in [4.78, 5) is 0. The topological polar surface area (TPSA) is 0 Å². The molecule has 0 heterocycles. The Morgan fingerprint density at radius 1 is 0.190 bits per heavy atom. The van der Waals surface area contributed by atoms with E-state index in [0.29, 0.717) is 0 Å². The van der Waals surface area contributed by atoms with Crippen molar-refractivity contribution in [1.29, 1.82) is 0 Å². The average Bonchev–Trinajstić information content (AvgIpc) is 3.00. The van der Waals surface area contributed by atoms with E-state index >= 15 is 0 Å². The molecule has 0 unspecified atom stereocenters. The first kappa shape index (κ1) is 42.4. The van der Waals surface area contributed by atoms with Crippen molar-refractivity contribution in [2.75, 3.05) is 24.6 Å². The monoisotopic (exact) mass is 610 g/mol. The van der Waals surface area contributed by atoms with Crippen molar-refractivity contribution in [3.05, 3.63) is 0 Å². The summed E-state index contributed by atoms with van der Waals surface area (Å²) >= 11 is 0. The van der Waals surface area contributed by atoms with Crippen molar-refractivity contribution >= 4 is 7.26 Å². The SMILES string of the molecule is CCCCCCCCCCCCCC[P+](CCCCCCCCC)(CCCCCCCCC)CCCCCCCCC. The van der Waals surface area contributed by atoms with E-state index in [1.807, 2.05) is 0 Å². The highest BCUT2D eigenvalue weighted by Crippen LogP contribution is 2.61. The number of rotatable bonds is 37. The van der Waals surface area contributed by atoms with Crippen LogP contribution in [0.4, 0.5) is 0 Å². The molecule has 42 heavy (non-hydrogen) atoms. The highest BCUT2D eigenvalue weighted by atomic mass is 31.2. The molecule has 0 aromatic rings. The molecule has 0 atom stereocenters. The third-order valence-electron chi connectivity index (χ3n) is 10.2. The van der Waals surface area contributed by atoms with Crippen LogP contribution in [-0.4, -0.2) is 24.6 Å². The zero-order valence-electron chi connectivity index (χ0n) is 30.6. The van der Waals surface area contributed by atoms with Crippen molar-refractivity contribution < 1.29 is 0 Å². The van der Waals surface area contributed by atoms with Gasteiger partial charge < -0.3 is 0 Å². The normalized spacial score (nSPS) is 12.0. The maximum Gasteiger partial charge on any atom is 0.0594 e. The minimum Gasteiger partial charge on any atom is -0.0654 e. The fourth-order valence-electron chi connectivity index (χ4n) is 7.17. The second-order valence-corrected chi connectivity index (χ2v) is 19.0. The molecule has 0 rings (SSSR count). The Morgan fingerprint density at radius 2 is 0.333 bits per heavy atom. The molecular weight excluding hydrogens is 523 g/mol. The molecule has 1 heteroatoms. The molecule has 0 fully saturated rings. The maximum atomic E-state index is 2.35. The summed E-state index contributed by atoms with van der Waals surface area (Å²) in [5, 5.41) is 0. The molecular formula is C41H86P+. The summed E-state index contributed by atoms with van der Waals surface area (Å²) in [5.41, 5.74) is 0. The van der Waals surface area contributed by atoms with Crippen LogP contribution in [0.5, 0.6) is 0 Å². The Labute approximate surface area is 270 Å². The molecule has 0 N–H and O–H groups in total. The van der Waals surface area contributed by atoms with Gasteiger partial charge in [-0.2, -0.15) is 0 Å². The van der Waals surface area contributed by atoms with Crippen molar-refractivity contribution in [3.63, 3.8) is 0 Å². The third kappa shape index (κ3) is 30.5. The summed E-state index contributed by atoms with van der Waals surface area (Å²) < 4.78 is 0. The summed E-state index contributed by atoms with van der Waals surface area (Å²) in [5.74, 6) is 0. The summed E-state index contributed by atoms with van der Waals surface area (Å²) in [6.07, 6.45) is 55.7. The van der Waals surface area contributed by atoms with Crippen LogP contribution in [0.15, 0.2) is 0 Å². The summed E-state index contributed by atoms with van der Waals surface area (Å²) in [6.45, 7) is 9.37. The van der Waals surface area contributed by atoms with Gasteiger partial charge in [-0.3, -0.25) is 0 Å². The van der Waals surface area contributed by atoms with E-state index in [1.165, 1.54) is 186 Å². The maximum absolute atomic E-state index is 2.35. The second kappa shape index (κ2) is 35.9. The lowest BCUT2D eigenvalue weighted by atomic mass is 10.1. The van der Waals surface area contributed by atoms with Crippen LogP contribution < -0.4 is 0 Å². The fourth-order valence-corrected chi connectivity index (χ4v) is 12.1. The van der Waals surface area contributed by atoms with E-state index in [9.17, 15) is 0 Å². The van der Waals surface area contributed by atoms with Gasteiger partial charge in [0, 0.05) is 7.26 Å². The standard InChI is InChI=1S/C41H86P/c1-5-9-13-17-21-22-23-24-25-29-33-37-41-42(38-34-30-26-18-14-10-6-2,39-35-31-27-19-15-11-7-3)40-36-32-28-20-16-12-8-4/h5-41H2,1-4H3/q+1. The lowest BCUT2D eigenvalue weighted by molar-refractivity contribution is 0.548. The quantitative estimate of drug-likeness (QED) is 0.0485. The van der Waals surface area contributed by atoms with Gasteiger partial charge in [0.1, 0.15) is 0 Å². The van der Waals surface area contributed by atoms with E-state index in [1.54, 1.807) is 50.3 Å². The van der Waals surface area contributed by atoms with Crippen molar-refractivity contribution in [3.8, 4) is 0 Å². The zero-order valence-corrected chi connectivity index (χ0v) is 31.5. The minimum atomic E-state index is -0.760. The predicted molar refractivity (Wildman–Crippen MR) is 201 cm³/mol. The summed E-state index contributed by atoms with van der Waals surface area (Å²) in [6, 6.07) is 0. The highest BCUT2D eigenvalue weighted by molar-refractivity contribution is 7.75. The molecule has 0 aliphatic heterocycles. The lowest BCUT2D eigenvalue weighted by Gasteiger charge is -2.28. The van der Waals surface area contributed by atoms with Crippen LogP contribution >= 0.6 is 7.26 Å². The van der Waals surface area contributed by atoms with Gasteiger partial charge in [-0.1, -0.05) is 188 Å². The van der Waals surface area contributed by atoms with Gasteiger partial charge in [-0.15, -0.1) is 0 Å². The van der Waals surface area contributed by atoms with Crippen LogP contribution in [-0.2, 0) is 0 Å². The van der Waals surface area contributed by atoms with Gasteiger partial charge in [-0.05, 0) is 51.4 Å². The largest absolute Gasteiger partial charge is 0.0654 e. The van der Waals surface area contributed by atoms with Gasteiger partial charge in [0.05, 0.1) is 24.6 Å². The van der Waals surface area contributed by atoms with E-state index in [-0.39, 0.29) is 0 Å². The molecule has 0 amide bonds. The van der Waals surface area contributed by atoms with Crippen LogP contribution in [0.3, 0.4) is 0 Å². The van der Waals surface area contributed by atoms with Crippen molar-refractivity contribution in [1.82, 2.24) is 0 Å². The Hall–Kier alpha value is 0.430. The van der Waals surface area contributed by atoms with Gasteiger partial charge >= 0.3 is 0 Å². The number of hydrogen-bond acceptors (Lipinski definition) is 0. The molecule has 0 aliphatic rings. The zero-order chi connectivity index (χ0) is 30.7. The third-order valence-corrected chi connectivity index (χ3v) is 15.3. The van der Waals surface area contributed by atoms with Crippen LogP contribution in [0.2, 0.25) is 0 Å². The van der Waals surface area contributed by atoms with Crippen LogP contribution in [0.25, 0.3) is 0 Å². The molecule has 0 aromatic heterocycles. The minimum absolute atomic E-state index is 0.760. The van der Waals surface area contributed by atoms with Gasteiger partial charge in [0.15, 0.2) is 0 Å². The average molecular weight is 610 g/mol. The van der Waals surface area contributed by atoms with E-state index in [4.69, 9.17) is 0 Å². The smallest absolute Gasteiger partial charge is 0.0594 e. The predicted octanol–water partition coefficient (Wildman–Crippen LogP) is 16.0. The van der Waals surface area contributed by atoms with E-state index in [0.717, 1.165) is 0 Å². The molecule has 0 aromatic carbocycles. The summed E-state index contributed by atoms with van der Waals surface area (Å²) in [7, 11) is -0.760. The Kier molecular flexibility index (Phi) is 36.3. The first-order valence-corrected chi connectivity index (χ1v) is 23.1. The first-order valence-electron chi connectivity index (χ1n) is 20.6. The second-order valence-electron chi connectivity index (χ2n) is 14.5. The Balaban J connectivity index is 4.71. The molecule has 0 aliphatic carbocycles. The lowest BCUT2D eigenvalue weighted by Crippen LogP contribution is -2.13. The van der Waals surface area contributed by atoms with Crippen LogP contribution in [0.1, 0.15) is 240 Å². The van der Waals surface area contributed by atoms with Gasteiger partial charge in [0.2, 0.25) is 0 Å². The van der Waals surface area contributed by atoms with Crippen molar-refractivity contribution in [2.24, 2.45) is 0 Å². The Bertz CT molecular complexity index is 426. The molecule has 0 saturated carbocycles. The molecule has 0 bridgehead atoms. The first-order chi connectivity index (χ1) is 20.7. The molecule has 0 spiro atoms. The van der Waals surface area contributed by atoms with Gasteiger partial charge in [-0.25, -0.2) is 0 Å². The van der Waals surface area contributed by atoms with Crippen LogP contribution in [0, 0.1) is 0 Å². The highest BCUT2D eigenvalue weighted by Gasteiger charge is 2.35. The molecule has 0 radical (unpaired) electrons. The molecule has 0 nitrogen and oxygen atoms in total. The molecule has 254 valence electrons. The number of unbranched alkanes of at least 4 members (excludes halogenated alkanes) is 29.